The highest BCUT2D eigenvalue weighted by molar-refractivity contribution is 7.89. The summed E-state index contributed by atoms with van der Waals surface area (Å²) in [5, 5.41) is 5.87. The van der Waals surface area contributed by atoms with E-state index >= 15 is 0 Å². The van der Waals surface area contributed by atoms with E-state index in [1.165, 1.54) is 26.2 Å². The number of amides is 2. The van der Waals surface area contributed by atoms with Crippen LogP contribution < -0.4 is 10.6 Å². The van der Waals surface area contributed by atoms with Crippen LogP contribution in [0.3, 0.4) is 0 Å². The summed E-state index contributed by atoms with van der Waals surface area (Å²) >= 11 is 11.9. The van der Waals surface area contributed by atoms with Gasteiger partial charge in [-0.1, -0.05) is 41.4 Å². The van der Waals surface area contributed by atoms with Crippen molar-refractivity contribution in [3.63, 3.8) is 0 Å². The summed E-state index contributed by atoms with van der Waals surface area (Å²) in [5.74, 6) is 0. The molecule has 0 aliphatic heterocycles. The van der Waals surface area contributed by atoms with Gasteiger partial charge < -0.3 is 10.6 Å². The van der Waals surface area contributed by atoms with E-state index in [2.05, 4.69) is 10.6 Å². The summed E-state index contributed by atoms with van der Waals surface area (Å²) in [7, 11) is -0.531. The predicted molar refractivity (Wildman–Crippen MR) is 99.6 cm³/mol. The van der Waals surface area contributed by atoms with Crippen LogP contribution in [0, 0.1) is 0 Å². The number of nitrogens with one attached hydrogen (secondary N) is 2. The van der Waals surface area contributed by atoms with Crippen molar-refractivity contribution < 1.29 is 13.2 Å². The molecular weight excluding hydrogens is 385 g/mol. The van der Waals surface area contributed by atoms with Gasteiger partial charge in [0.25, 0.3) is 0 Å². The van der Waals surface area contributed by atoms with Crippen LogP contribution in [-0.2, 0) is 16.6 Å². The lowest BCUT2D eigenvalue weighted by molar-refractivity contribution is 0.251. The Morgan fingerprint density at radius 1 is 1.08 bits per heavy atom. The van der Waals surface area contributed by atoms with Crippen LogP contribution >= 0.6 is 23.2 Å². The highest BCUT2D eigenvalue weighted by Gasteiger charge is 2.16. The molecule has 0 heterocycles. The second-order valence-corrected chi connectivity index (χ2v) is 8.28. The Labute approximate surface area is 156 Å². The molecule has 0 spiro atoms. The lowest BCUT2D eigenvalue weighted by Crippen LogP contribution is -2.28. The molecule has 2 N–H and O–H groups in total. The van der Waals surface area contributed by atoms with Gasteiger partial charge in [0.2, 0.25) is 10.0 Å². The first-order valence-corrected chi connectivity index (χ1v) is 9.42. The second kappa shape index (κ2) is 8.05. The maximum atomic E-state index is 12.0. The molecule has 134 valence electrons. The van der Waals surface area contributed by atoms with Crippen LogP contribution in [0.2, 0.25) is 10.0 Å². The number of halogens is 2. The molecule has 0 saturated carbocycles. The molecule has 25 heavy (non-hydrogen) atoms. The van der Waals surface area contributed by atoms with Crippen LogP contribution in [0.5, 0.6) is 0 Å². The Bertz CT molecular complexity index is 869. The molecule has 0 aromatic heterocycles. The SMILES string of the molecule is CN(C)S(=O)(=O)c1ccc(CNC(=O)Nc2cccc(Cl)c2Cl)cc1. The van der Waals surface area contributed by atoms with Crippen molar-refractivity contribution >= 4 is 44.9 Å². The van der Waals surface area contributed by atoms with Crippen LogP contribution in [0.1, 0.15) is 5.56 Å². The van der Waals surface area contributed by atoms with Gasteiger partial charge in [0.15, 0.2) is 0 Å². The summed E-state index contributed by atoms with van der Waals surface area (Å²) in [5.41, 5.74) is 1.16. The molecule has 0 aliphatic rings. The standard InChI is InChI=1S/C16H17Cl2N3O3S/c1-21(2)25(23,24)12-8-6-11(7-9-12)10-19-16(22)20-14-5-3-4-13(17)15(14)18/h3-9H,10H2,1-2H3,(H2,19,20,22). The first-order chi connectivity index (χ1) is 11.7. The number of carbonyl (C=O) groups is 1. The van der Waals surface area contributed by atoms with E-state index in [4.69, 9.17) is 23.2 Å². The fourth-order valence-electron chi connectivity index (χ4n) is 1.94. The Hall–Kier alpha value is -1.80. The third-order valence-electron chi connectivity index (χ3n) is 3.35. The highest BCUT2D eigenvalue weighted by Crippen LogP contribution is 2.29. The van der Waals surface area contributed by atoms with Crippen molar-refractivity contribution in [1.82, 2.24) is 9.62 Å². The summed E-state index contributed by atoms with van der Waals surface area (Å²) < 4.78 is 25.1. The smallest absolute Gasteiger partial charge is 0.319 e. The minimum absolute atomic E-state index is 0.191. The van der Waals surface area contributed by atoms with Crippen molar-refractivity contribution in [2.45, 2.75) is 11.4 Å². The van der Waals surface area contributed by atoms with E-state index in [0.29, 0.717) is 10.7 Å². The van der Waals surface area contributed by atoms with Crippen LogP contribution in [-0.4, -0.2) is 32.8 Å². The summed E-state index contributed by atoms with van der Waals surface area (Å²) in [6.45, 7) is 0.228. The van der Waals surface area contributed by atoms with Gasteiger partial charge in [0.1, 0.15) is 0 Å². The molecular formula is C16H17Cl2N3O3S. The average Bonchev–Trinajstić information content (AvgIpc) is 2.57. The van der Waals surface area contributed by atoms with Crippen molar-refractivity contribution in [2.24, 2.45) is 0 Å². The number of anilines is 1. The molecule has 2 rings (SSSR count). The Morgan fingerprint density at radius 3 is 2.32 bits per heavy atom. The summed E-state index contributed by atoms with van der Waals surface area (Å²) in [6.07, 6.45) is 0. The van der Waals surface area contributed by atoms with E-state index in [0.717, 1.165) is 9.87 Å². The number of sulfonamides is 1. The normalized spacial score (nSPS) is 11.4. The van der Waals surface area contributed by atoms with E-state index in [9.17, 15) is 13.2 Å². The van der Waals surface area contributed by atoms with Crippen LogP contribution in [0.25, 0.3) is 0 Å². The Kier molecular flexibility index (Phi) is 6.29. The second-order valence-electron chi connectivity index (χ2n) is 5.34. The molecule has 6 nitrogen and oxygen atoms in total. The number of benzene rings is 2. The van der Waals surface area contributed by atoms with Gasteiger partial charge in [0, 0.05) is 20.6 Å². The molecule has 0 saturated heterocycles. The summed E-state index contributed by atoms with van der Waals surface area (Å²) in [6, 6.07) is 10.8. The maximum absolute atomic E-state index is 12.0. The lowest BCUT2D eigenvalue weighted by atomic mass is 10.2. The average molecular weight is 402 g/mol. The van der Waals surface area contributed by atoms with Crippen molar-refractivity contribution in [3.8, 4) is 0 Å². The molecule has 2 amide bonds. The van der Waals surface area contributed by atoms with Gasteiger partial charge in [0.05, 0.1) is 20.6 Å². The maximum Gasteiger partial charge on any atom is 0.319 e. The molecule has 2 aromatic rings. The number of carbonyl (C=O) groups excluding carboxylic acids is 1. The van der Waals surface area contributed by atoms with E-state index in [1.807, 2.05) is 0 Å². The molecule has 0 aliphatic carbocycles. The molecule has 0 fully saturated rings. The minimum atomic E-state index is -3.47. The van der Waals surface area contributed by atoms with Gasteiger partial charge in [-0.2, -0.15) is 0 Å². The van der Waals surface area contributed by atoms with Gasteiger partial charge in [-0.3, -0.25) is 0 Å². The lowest BCUT2D eigenvalue weighted by Gasteiger charge is -2.12. The minimum Gasteiger partial charge on any atom is -0.334 e. The quantitative estimate of drug-likeness (QED) is 0.803. The number of hydrogen-bond donors (Lipinski definition) is 2. The van der Waals surface area contributed by atoms with Gasteiger partial charge in [-0.15, -0.1) is 0 Å². The number of rotatable bonds is 5. The molecule has 0 unspecified atom stereocenters. The topological polar surface area (TPSA) is 78.5 Å². The molecule has 0 atom stereocenters. The van der Waals surface area contributed by atoms with E-state index in [1.54, 1.807) is 30.3 Å². The predicted octanol–water partition coefficient (Wildman–Crippen LogP) is 3.57. The Balaban J connectivity index is 1.97. The van der Waals surface area contributed by atoms with Crippen molar-refractivity contribution in [1.29, 1.82) is 0 Å². The van der Waals surface area contributed by atoms with E-state index < -0.39 is 16.1 Å². The highest BCUT2D eigenvalue weighted by atomic mass is 35.5. The number of nitrogens with zero attached hydrogens (tertiary/aromatic N) is 1. The Morgan fingerprint density at radius 2 is 1.72 bits per heavy atom. The largest absolute Gasteiger partial charge is 0.334 e. The zero-order valence-corrected chi connectivity index (χ0v) is 15.9. The van der Waals surface area contributed by atoms with E-state index in [-0.39, 0.29) is 16.5 Å². The van der Waals surface area contributed by atoms with Crippen molar-refractivity contribution in [2.75, 3.05) is 19.4 Å². The van der Waals surface area contributed by atoms with Crippen LogP contribution in [0.4, 0.5) is 10.5 Å². The molecule has 0 radical (unpaired) electrons. The summed E-state index contributed by atoms with van der Waals surface area (Å²) in [4.78, 5) is 12.1. The van der Waals surface area contributed by atoms with Gasteiger partial charge in [-0.25, -0.2) is 17.5 Å². The van der Waals surface area contributed by atoms with Gasteiger partial charge >= 0.3 is 6.03 Å². The molecule has 9 heteroatoms. The van der Waals surface area contributed by atoms with Gasteiger partial charge in [-0.05, 0) is 29.8 Å². The number of urea groups is 1. The third kappa shape index (κ3) is 4.85. The van der Waals surface area contributed by atoms with Crippen LogP contribution in [0.15, 0.2) is 47.4 Å². The number of hydrogen-bond acceptors (Lipinski definition) is 3. The monoisotopic (exact) mass is 401 g/mol. The third-order valence-corrected chi connectivity index (χ3v) is 6.00. The first-order valence-electron chi connectivity index (χ1n) is 7.22. The molecule has 2 aromatic carbocycles. The molecule has 0 bridgehead atoms. The zero-order chi connectivity index (χ0) is 18.6. The zero-order valence-electron chi connectivity index (χ0n) is 13.6. The van der Waals surface area contributed by atoms with Crippen molar-refractivity contribution in [3.05, 3.63) is 58.1 Å². The fraction of sp³-hybridized carbons (Fsp3) is 0.188. The first kappa shape index (κ1) is 19.5. The fourth-order valence-corrected chi connectivity index (χ4v) is 3.19.